The van der Waals surface area contributed by atoms with E-state index in [-0.39, 0.29) is 32.8 Å². The van der Waals surface area contributed by atoms with Gasteiger partial charge in [0.2, 0.25) is 11.6 Å². The van der Waals surface area contributed by atoms with Crippen LogP contribution in [0.5, 0.6) is 11.6 Å². The minimum absolute atomic E-state index is 0.00813. The first-order valence-corrected chi connectivity index (χ1v) is 14.0. The van der Waals surface area contributed by atoms with Crippen LogP contribution in [0, 0.1) is 11.7 Å². The number of rotatable bonds is 8. The molecule has 0 amide bonds. The third-order valence-corrected chi connectivity index (χ3v) is 8.26. The fraction of sp³-hybridized carbons (Fsp3) is 0.269. The third-order valence-electron chi connectivity index (χ3n) is 6.41. The van der Waals surface area contributed by atoms with E-state index in [2.05, 4.69) is 20.0 Å². The highest BCUT2D eigenvalue weighted by Crippen LogP contribution is 2.32. The Balaban J connectivity index is 1.46. The topological polar surface area (TPSA) is 124 Å². The van der Waals surface area contributed by atoms with Crippen molar-refractivity contribution in [2.75, 3.05) is 31.5 Å². The Morgan fingerprint density at radius 1 is 1.13 bits per heavy atom. The summed E-state index contributed by atoms with van der Waals surface area (Å²) in [6, 6.07) is 7.88. The molecule has 3 aromatic heterocycles. The van der Waals surface area contributed by atoms with Gasteiger partial charge in [0.15, 0.2) is 0 Å². The van der Waals surface area contributed by atoms with Crippen molar-refractivity contribution in [3.8, 4) is 22.8 Å². The van der Waals surface area contributed by atoms with Crippen molar-refractivity contribution in [3.05, 3.63) is 76.2 Å². The zero-order chi connectivity index (χ0) is 27.6. The summed E-state index contributed by atoms with van der Waals surface area (Å²) < 4.78 is 54.3. The van der Waals surface area contributed by atoms with Crippen molar-refractivity contribution >= 4 is 33.0 Å². The first kappa shape index (κ1) is 26.9. The van der Waals surface area contributed by atoms with Crippen molar-refractivity contribution in [1.82, 2.24) is 19.7 Å². The van der Waals surface area contributed by atoms with Gasteiger partial charge in [0.25, 0.3) is 15.6 Å². The van der Waals surface area contributed by atoms with Crippen LogP contribution in [0.2, 0.25) is 5.02 Å². The van der Waals surface area contributed by atoms with E-state index in [0.29, 0.717) is 29.3 Å². The Labute approximate surface area is 228 Å². The van der Waals surface area contributed by atoms with Gasteiger partial charge in [0.05, 0.1) is 24.9 Å². The predicted octanol–water partition coefficient (Wildman–Crippen LogP) is 3.74. The number of nitrogens with zero attached hydrogens (tertiary/aromatic N) is 3. The Morgan fingerprint density at radius 3 is 2.67 bits per heavy atom. The number of hydrogen-bond donors (Lipinski definition) is 2. The molecule has 0 unspecified atom stereocenters. The molecule has 1 saturated heterocycles. The normalized spacial score (nSPS) is 14.3. The van der Waals surface area contributed by atoms with Crippen LogP contribution in [0.4, 0.5) is 10.1 Å². The second-order valence-corrected chi connectivity index (χ2v) is 11.1. The summed E-state index contributed by atoms with van der Waals surface area (Å²) in [5, 5.41) is 3.03. The monoisotopic (exact) mass is 573 g/mol. The van der Waals surface area contributed by atoms with Crippen molar-refractivity contribution in [2.24, 2.45) is 5.92 Å². The van der Waals surface area contributed by atoms with Crippen LogP contribution < -0.4 is 25.1 Å². The molecule has 0 bridgehead atoms. The molecule has 4 aromatic rings. The number of pyridine rings is 2. The van der Waals surface area contributed by atoms with E-state index < -0.39 is 15.8 Å². The number of aromatic nitrogens is 3. The van der Waals surface area contributed by atoms with E-state index in [1.54, 1.807) is 18.3 Å². The van der Waals surface area contributed by atoms with Crippen LogP contribution in [-0.4, -0.2) is 49.6 Å². The number of ether oxygens (including phenoxy) is 2. The summed E-state index contributed by atoms with van der Waals surface area (Å²) in [6.07, 6.45) is 6.47. The van der Waals surface area contributed by atoms with E-state index in [1.165, 1.54) is 30.0 Å². The predicted molar refractivity (Wildman–Crippen MR) is 145 cm³/mol. The second kappa shape index (κ2) is 11.2. The molecule has 13 heteroatoms. The molecule has 0 saturated carbocycles. The highest BCUT2D eigenvalue weighted by Gasteiger charge is 2.22. The molecular formula is C26H25ClFN5O5S. The lowest BCUT2D eigenvalue weighted by Gasteiger charge is -2.22. The Bertz CT molecular complexity index is 1690. The average molecular weight is 574 g/mol. The molecule has 2 N–H and O–H groups in total. The molecule has 10 nitrogen and oxygen atoms in total. The van der Waals surface area contributed by atoms with Crippen LogP contribution in [0.1, 0.15) is 12.8 Å². The molecule has 0 radical (unpaired) electrons. The highest BCUT2D eigenvalue weighted by atomic mass is 35.5. The number of halogens is 2. The summed E-state index contributed by atoms with van der Waals surface area (Å²) in [5.41, 5.74) is 1.15. The Kier molecular flexibility index (Phi) is 7.69. The zero-order valence-corrected chi connectivity index (χ0v) is 22.4. The fourth-order valence-electron chi connectivity index (χ4n) is 4.32. The first-order chi connectivity index (χ1) is 18.7. The van der Waals surface area contributed by atoms with Crippen LogP contribution >= 0.6 is 11.6 Å². The number of benzene rings is 1. The lowest BCUT2D eigenvalue weighted by atomic mass is 9.99. The largest absolute Gasteiger partial charge is 0.486 e. The minimum Gasteiger partial charge on any atom is -0.486 e. The molecule has 1 aliphatic heterocycles. The number of nitrogens with one attached hydrogen (secondary N) is 2. The van der Waals surface area contributed by atoms with Gasteiger partial charge in [-0.3, -0.25) is 13.9 Å². The van der Waals surface area contributed by atoms with Gasteiger partial charge >= 0.3 is 0 Å². The molecule has 1 fully saturated rings. The van der Waals surface area contributed by atoms with Gasteiger partial charge in [0, 0.05) is 23.5 Å². The maximum absolute atomic E-state index is 13.4. The molecule has 0 spiro atoms. The number of anilines is 1. The van der Waals surface area contributed by atoms with Gasteiger partial charge in [-0.15, -0.1) is 0 Å². The molecule has 4 heterocycles. The number of fused-ring (bicyclic) bond motifs is 1. The molecular weight excluding hydrogens is 549 g/mol. The lowest BCUT2D eigenvalue weighted by molar-refractivity contribution is 0.212. The maximum atomic E-state index is 13.4. The van der Waals surface area contributed by atoms with Gasteiger partial charge in [-0.1, -0.05) is 11.6 Å². The van der Waals surface area contributed by atoms with E-state index >= 15 is 0 Å². The highest BCUT2D eigenvalue weighted by molar-refractivity contribution is 7.92. The summed E-state index contributed by atoms with van der Waals surface area (Å²) in [4.78, 5) is 21.4. The third kappa shape index (κ3) is 5.82. The van der Waals surface area contributed by atoms with E-state index in [4.69, 9.17) is 21.1 Å². The quantitative estimate of drug-likeness (QED) is 0.327. The van der Waals surface area contributed by atoms with Crippen LogP contribution in [0.3, 0.4) is 0 Å². The molecule has 0 atom stereocenters. The Hall–Kier alpha value is -3.74. The molecule has 204 valence electrons. The maximum Gasteiger partial charge on any atom is 0.300 e. The molecule has 5 rings (SSSR count). The van der Waals surface area contributed by atoms with E-state index in [0.717, 1.165) is 44.1 Å². The summed E-state index contributed by atoms with van der Waals surface area (Å²) in [7, 11) is -2.86. The first-order valence-electron chi connectivity index (χ1n) is 12.1. The van der Waals surface area contributed by atoms with Crippen LogP contribution in [-0.2, 0) is 10.0 Å². The fourth-order valence-corrected chi connectivity index (χ4v) is 5.90. The van der Waals surface area contributed by atoms with Crippen molar-refractivity contribution in [1.29, 1.82) is 0 Å². The lowest BCUT2D eigenvalue weighted by Crippen LogP contribution is -2.31. The SMILES string of the molecule is COc1ncc(-c2ccc3ncc(OCC4CCNCC4)c(=O)n3c2)cc1NS(=O)(=O)c1ccc(F)cc1Cl. The summed E-state index contributed by atoms with van der Waals surface area (Å²) >= 11 is 5.97. The standard InChI is InChI=1S/C26H25ClFN5O5S/c1-37-25-21(32-39(35,36)23-4-3-19(28)11-20(23)27)10-18(12-31-25)17-2-5-24-30-13-22(26(34)33(24)14-17)38-15-16-6-8-29-9-7-16/h2-5,10-14,16,29,32H,6-9,15H2,1H3. The van der Waals surface area contributed by atoms with Gasteiger partial charge in [-0.2, -0.15) is 0 Å². The number of piperidine rings is 1. The molecule has 1 aliphatic rings. The van der Waals surface area contributed by atoms with Crippen molar-refractivity contribution in [2.45, 2.75) is 17.7 Å². The molecule has 0 aliphatic carbocycles. The van der Waals surface area contributed by atoms with Gasteiger partial charge in [-0.05, 0) is 68.2 Å². The Morgan fingerprint density at radius 2 is 1.92 bits per heavy atom. The van der Waals surface area contributed by atoms with Gasteiger partial charge in [0.1, 0.15) is 22.0 Å². The molecule has 1 aromatic carbocycles. The van der Waals surface area contributed by atoms with Gasteiger partial charge in [-0.25, -0.2) is 22.8 Å². The van der Waals surface area contributed by atoms with Crippen LogP contribution in [0.15, 0.2) is 64.7 Å². The average Bonchev–Trinajstić information content (AvgIpc) is 2.92. The van der Waals surface area contributed by atoms with E-state index in [9.17, 15) is 17.6 Å². The van der Waals surface area contributed by atoms with Crippen molar-refractivity contribution < 1.29 is 22.3 Å². The minimum atomic E-state index is -4.21. The smallest absolute Gasteiger partial charge is 0.300 e. The number of hydrogen-bond acceptors (Lipinski definition) is 8. The van der Waals surface area contributed by atoms with Crippen LogP contribution in [0.25, 0.3) is 16.8 Å². The number of sulfonamides is 1. The van der Waals surface area contributed by atoms with Gasteiger partial charge < -0.3 is 14.8 Å². The number of methoxy groups -OCH3 is 1. The van der Waals surface area contributed by atoms with E-state index in [1.807, 2.05) is 0 Å². The summed E-state index contributed by atoms with van der Waals surface area (Å²) in [5.74, 6) is -0.134. The second-order valence-electron chi connectivity index (χ2n) is 9.04. The summed E-state index contributed by atoms with van der Waals surface area (Å²) in [6.45, 7) is 2.29. The molecule has 39 heavy (non-hydrogen) atoms. The zero-order valence-electron chi connectivity index (χ0n) is 20.9. The van der Waals surface area contributed by atoms with Crippen molar-refractivity contribution in [3.63, 3.8) is 0 Å².